The van der Waals surface area contributed by atoms with Crippen molar-refractivity contribution in [3.8, 4) is 22.1 Å². The third kappa shape index (κ3) is 5.72. The molecule has 13 heteroatoms. The molecule has 0 radical (unpaired) electrons. The predicted octanol–water partition coefficient (Wildman–Crippen LogP) is 7.90. The summed E-state index contributed by atoms with van der Waals surface area (Å²) in [6.07, 6.45) is 1.42. The summed E-state index contributed by atoms with van der Waals surface area (Å²) in [5, 5.41) is 3.92. The first-order valence-corrected chi connectivity index (χ1v) is 13.4. The Morgan fingerprint density at radius 2 is 1.82 bits per heavy atom. The number of nitrogens with one attached hydrogen (secondary N) is 1. The Kier molecular flexibility index (Phi) is 7.88. The number of halogens is 4. The molecule has 5 aromatic rings. The molecular weight excluding hydrogens is 585 g/mol. The summed E-state index contributed by atoms with van der Waals surface area (Å²) in [5.41, 5.74) is 1.68. The van der Waals surface area contributed by atoms with Crippen LogP contribution in [0.4, 0.5) is 19.3 Å². The van der Waals surface area contributed by atoms with E-state index < -0.39 is 29.9 Å². The number of amides is 1. The second-order valence-electron chi connectivity index (χ2n) is 8.72. The molecule has 0 bridgehead atoms. The van der Waals surface area contributed by atoms with Crippen LogP contribution < -0.4 is 14.8 Å². The smallest absolute Gasteiger partial charge is 0.412 e. The van der Waals surface area contributed by atoms with Gasteiger partial charge in [0.2, 0.25) is 0 Å². The molecule has 0 fully saturated rings. The molecule has 0 aliphatic heterocycles. The van der Waals surface area contributed by atoms with E-state index >= 15 is 4.39 Å². The van der Waals surface area contributed by atoms with Gasteiger partial charge in [-0.2, -0.15) is 0 Å². The van der Waals surface area contributed by atoms with Crippen molar-refractivity contribution in [1.82, 2.24) is 15.0 Å². The van der Waals surface area contributed by atoms with Gasteiger partial charge in [0.25, 0.3) is 0 Å². The summed E-state index contributed by atoms with van der Waals surface area (Å²) in [5.74, 6) is -0.979. The molecule has 8 nitrogen and oxygen atoms in total. The summed E-state index contributed by atoms with van der Waals surface area (Å²) in [6.45, 7) is 3.18. The first-order valence-electron chi connectivity index (χ1n) is 11.8. The summed E-state index contributed by atoms with van der Waals surface area (Å²) in [4.78, 5) is 24.9. The van der Waals surface area contributed by atoms with Gasteiger partial charge in [-0.1, -0.05) is 23.2 Å². The number of rotatable bonds is 7. The van der Waals surface area contributed by atoms with Crippen LogP contribution in [-0.4, -0.2) is 40.4 Å². The van der Waals surface area contributed by atoms with Crippen LogP contribution in [0.5, 0.6) is 11.5 Å². The predicted molar refractivity (Wildman–Crippen MR) is 151 cm³/mol. The SMILES string of the molecule is COc1cnc2c(-c3nc4c(Cl)c(F)c(O[C@@H](C)[C@@H](C)OC(=O)Nc5cncc(F)c5)cc4s3)cc(Cl)cc2c1. The number of carbonyl (C=O) groups is 1. The molecule has 0 spiro atoms. The van der Waals surface area contributed by atoms with Crippen molar-refractivity contribution in [2.45, 2.75) is 26.1 Å². The molecule has 1 amide bonds. The first-order chi connectivity index (χ1) is 19.1. The lowest BCUT2D eigenvalue weighted by atomic mass is 10.1. The van der Waals surface area contributed by atoms with E-state index in [9.17, 15) is 9.18 Å². The number of nitrogens with zero attached hydrogens (tertiary/aromatic N) is 3. The minimum atomic E-state index is -0.851. The molecule has 1 N–H and O–H groups in total. The van der Waals surface area contributed by atoms with Gasteiger partial charge in [0.15, 0.2) is 11.6 Å². The van der Waals surface area contributed by atoms with E-state index in [1.54, 1.807) is 39.3 Å². The fourth-order valence-corrected chi connectivity index (χ4v) is 5.38. The molecule has 0 saturated carbocycles. The van der Waals surface area contributed by atoms with Gasteiger partial charge in [-0.3, -0.25) is 15.3 Å². The summed E-state index contributed by atoms with van der Waals surface area (Å²) in [7, 11) is 1.55. The maximum atomic E-state index is 15.3. The lowest BCUT2D eigenvalue weighted by molar-refractivity contribution is 0.0402. The van der Waals surface area contributed by atoms with Crippen molar-refractivity contribution in [3.63, 3.8) is 0 Å². The number of benzene rings is 2. The second kappa shape index (κ2) is 11.4. The minimum absolute atomic E-state index is 0.122. The van der Waals surface area contributed by atoms with E-state index in [4.69, 9.17) is 37.4 Å². The van der Waals surface area contributed by atoms with E-state index in [0.717, 1.165) is 17.6 Å². The van der Waals surface area contributed by atoms with Crippen LogP contribution in [0.15, 0.2) is 48.9 Å². The van der Waals surface area contributed by atoms with Gasteiger partial charge in [-0.05, 0) is 32.0 Å². The Balaban J connectivity index is 1.39. The van der Waals surface area contributed by atoms with Gasteiger partial charge in [0, 0.05) is 28.1 Å². The zero-order valence-electron chi connectivity index (χ0n) is 21.2. The van der Waals surface area contributed by atoms with Crippen LogP contribution in [0.2, 0.25) is 10.0 Å². The van der Waals surface area contributed by atoms with Gasteiger partial charge in [0.1, 0.15) is 39.3 Å². The molecule has 2 aromatic carbocycles. The van der Waals surface area contributed by atoms with Gasteiger partial charge < -0.3 is 14.2 Å². The van der Waals surface area contributed by atoms with Crippen LogP contribution in [-0.2, 0) is 4.74 Å². The number of aromatic nitrogens is 3. The standard InChI is InChI=1S/C27H20Cl2F2N4O4S/c1-12(13(2)39-27(36)34-17-7-16(30)9-32-10-17)38-20-8-21-25(22(29)23(20)31)35-26(40-21)19-6-15(28)4-14-5-18(37-3)11-33-24(14)19/h4-13H,1-3H3,(H,34,36)/t12-,13+/m0/s1. The number of hydrogen-bond acceptors (Lipinski definition) is 8. The lowest BCUT2D eigenvalue weighted by Gasteiger charge is -2.22. The summed E-state index contributed by atoms with van der Waals surface area (Å²) < 4.78 is 45.5. The average Bonchev–Trinajstić information content (AvgIpc) is 3.34. The molecule has 3 aromatic heterocycles. The Hall–Kier alpha value is -3.80. The second-order valence-corrected chi connectivity index (χ2v) is 10.6. The monoisotopic (exact) mass is 604 g/mol. The van der Waals surface area contributed by atoms with E-state index in [0.29, 0.717) is 31.6 Å². The van der Waals surface area contributed by atoms with E-state index in [1.165, 1.54) is 23.6 Å². The van der Waals surface area contributed by atoms with Crippen LogP contribution in [0.25, 0.3) is 31.7 Å². The molecule has 206 valence electrons. The van der Waals surface area contributed by atoms with Gasteiger partial charge >= 0.3 is 6.09 Å². The number of fused-ring (bicyclic) bond motifs is 2. The Morgan fingerprint density at radius 3 is 2.58 bits per heavy atom. The maximum Gasteiger partial charge on any atom is 0.412 e. The zero-order chi connectivity index (χ0) is 28.6. The molecule has 0 aliphatic carbocycles. The van der Waals surface area contributed by atoms with Crippen LogP contribution >= 0.6 is 34.5 Å². The van der Waals surface area contributed by atoms with Crippen molar-refractivity contribution >= 4 is 67.4 Å². The fourth-order valence-electron chi connectivity index (χ4n) is 3.84. The highest BCUT2D eigenvalue weighted by Crippen LogP contribution is 2.41. The van der Waals surface area contributed by atoms with Gasteiger partial charge in [-0.25, -0.2) is 18.6 Å². The van der Waals surface area contributed by atoms with Crippen LogP contribution in [0.1, 0.15) is 13.8 Å². The number of thiazole rings is 1. The zero-order valence-corrected chi connectivity index (χ0v) is 23.5. The highest BCUT2D eigenvalue weighted by molar-refractivity contribution is 7.21. The van der Waals surface area contributed by atoms with Crippen molar-refractivity contribution < 1.29 is 27.8 Å². The van der Waals surface area contributed by atoms with E-state index in [-0.39, 0.29) is 22.0 Å². The molecule has 2 atom stereocenters. The Labute approximate surface area is 240 Å². The number of ether oxygens (including phenoxy) is 3. The van der Waals surface area contributed by atoms with Gasteiger partial charge in [-0.15, -0.1) is 11.3 Å². The third-order valence-electron chi connectivity index (χ3n) is 5.94. The molecule has 0 unspecified atom stereocenters. The van der Waals surface area contributed by atoms with Crippen molar-refractivity contribution in [2.24, 2.45) is 0 Å². The third-order valence-corrected chi connectivity index (χ3v) is 7.54. The number of methoxy groups -OCH3 is 1. The van der Waals surface area contributed by atoms with Crippen LogP contribution in [0.3, 0.4) is 0 Å². The van der Waals surface area contributed by atoms with E-state index in [2.05, 4.69) is 20.3 Å². The van der Waals surface area contributed by atoms with Gasteiger partial charge in [0.05, 0.1) is 41.6 Å². The first kappa shape index (κ1) is 27.8. The molecular formula is C27H20Cl2F2N4O4S. The molecule has 5 rings (SSSR count). The molecule has 40 heavy (non-hydrogen) atoms. The summed E-state index contributed by atoms with van der Waals surface area (Å²) >= 11 is 14.0. The molecule has 0 aliphatic rings. The highest BCUT2D eigenvalue weighted by atomic mass is 35.5. The molecule has 0 saturated heterocycles. The number of pyridine rings is 2. The fraction of sp³-hybridized carbons (Fsp3) is 0.185. The quantitative estimate of drug-likeness (QED) is 0.202. The minimum Gasteiger partial charge on any atom is -0.495 e. The normalized spacial score (nSPS) is 12.8. The number of carbonyl (C=O) groups excluding carboxylic acids is 1. The Morgan fingerprint density at radius 1 is 1.02 bits per heavy atom. The number of anilines is 1. The van der Waals surface area contributed by atoms with Crippen LogP contribution in [0, 0.1) is 11.6 Å². The van der Waals surface area contributed by atoms with E-state index in [1.807, 2.05) is 6.07 Å². The van der Waals surface area contributed by atoms with Crippen molar-refractivity contribution in [1.29, 1.82) is 0 Å². The van der Waals surface area contributed by atoms with Crippen molar-refractivity contribution in [2.75, 3.05) is 12.4 Å². The lowest BCUT2D eigenvalue weighted by Crippen LogP contribution is -2.32. The maximum absolute atomic E-state index is 15.3. The Bertz CT molecular complexity index is 1750. The van der Waals surface area contributed by atoms with Crippen molar-refractivity contribution in [3.05, 3.63) is 70.6 Å². The summed E-state index contributed by atoms with van der Waals surface area (Å²) in [6, 6.07) is 7.89. The number of hydrogen-bond donors (Lipinski definition) is 1. The topological polar surface area (TPSA) is 95.5 Å². The highest BCUT2D eigenvalue weighted by Gasteiger charge is 2.24. The average molecular weight is 605 g/mol. The molecule has 3 heterocycles. The largest absolute Gasteiger partial charge is 0.495 e.